The van der Waals surface area contributed by atoms with E-state index in [0.29, 0.717) is 36.6 Å². The molecule has 7 nitrogen and oxygen atoms in total. The van der Waals surface area contributed by atoms with Gasteiger partial charge in [0.2, 0.25) is 5.91 Å². The average molecular weight is 374 g/mol. The first-order chi connectivity index (χ1) is 12.5. The molecular formula is C20H31N5O2. The van der Waals surface area contributed by atoms with E-state index in [9.17, 15) is 9.90 Å². The molecule has 7 heteroatoms. The monoisotopic (exact) mass is 373 g/mol. The topological polar surface area (TPSA) is 122 Å². The first kappa shape index (κ1) is 20.5. The zero-order chi connectivity index (χ0) is 20.4. The van der Waals surface area contributed by atoms with E-state index in [2.05, 4.69) is 0 Å². The van der Waals surface area contributed by atoms with Crippen LogP contribution in [0.15, 0.2) is 41.9 Å². The molecule has 1 atom stereocenters. The number of para-hydroxylation sites is 1. The Kier molecular flexibility index (Phi) is 5.93. The van der Waals surface area contributed by atoms with Crippen molar-refractivity contribution in [3.8, 4) is 5.75 Å². The summed E-state index contributed by atoms with van der Waals surface area (Å²) in [6, 6.07) is 6.84. The third kappa shape index (κ3) is 4.67. The van der Waals surface area contributed by atoms with Crippen molar-refractivity contribution < 1.29 is 9.90 Å². The summed E-state index contributed by atoms with van der Waals surface area (Å²) in [5.74, 6) is 0.372. The van der Waals surface area contributed by atoms with Crippen LogP contribution in [0.1, 0.15) is 33.3 Å². The number of allylic oxidation sites excluding steroid dienone is 1. The van der Waals surface area contributed by atoms with Crippen LogP contribution < -0.4 is 17.2 Å². The van der Waals surface area contributed by atoms with E-state index in [1.165, 1.54) is 0 Å². The molecule has 27 heavy (non-hydrogen) atoms. The number of nitrogens with zero attached hydrogens (tertiary/aromatic N) is 2. The van der Waals surface area contributed by atoms with Gasteiger partial charge in [-0.25, -0.2) is 0 Å². The van der Waals surface area contributed by atoms with Crippen LogP contribution in [0.2, 0.25) is 0 Å². The molecule has 1 aliphatic heterocycles. The Balaban J connectivity index is 2.23. The Morgan fingerprint density at radius 1 is 1.19 bits per heavy atom. The van der Waals surface area contributed by atoms with Gasteiger partial charge in [0, 0.05) is 42.4 Å². The van der Waals surface area contributed by atoms with E-state index in [4.69, 9.17) is 17.2 Å². The Hall–Kier alpha value is -2.83. The highest BCUT2D eigenvalue weighted by atomic mass is 16.3. The first-order valence-corrected chi connectivity index (χ1v) is 9.09. The minimum absolute atomic E-state index is 0.0135. The molecule has 0 aromatic heterocycles. The van der Waals surface area contributed by atoms with Crippen LogP contribution in [0.25, 0.3) is 5.70 Å². The second-order valence-corrected chi connectivity index (χ2v) is 8.00. The molecule has 1 amide bonds. The lowest BCUT2D eigenvalue weighted by Gasteiger charge is -2.43. The molecule has 7 N–H and O–H groups in total. The van der Waals surface area contributed by atoms with E-state index in [1.54, 1.807) is 30.3 Å². The highest BCUT2D eigenvalue weighted by Crippen LogP contribution is 2.26. The maximum atomic E-state index is 12.6. The molecule has 1 aliphatic rings. The maximum absolute atomic E-state index is 12.6. The minimum Gasteiger partial charge on any atom is -0.507 e. The number of rotatable bonds is 3. The van der Waals surface area contributed by atoms with E-state index >= 15 is 0 Å². The molecule has 0 spiro atoms. The molecule has 0 bridgehead atoms. The Morgan fingerprint density at radius 2 is 1.81 bits per heavy atom. The van der Waals surface area contributed by atoms with Crippen molar-refractivity contribution in [2.75, 3.05) is 19.6 Å². The molecule has 0 saturated carbocycles. The normalized spacial score (nSPS) is 18.4. The van der Waals surface area contributed by atoms with Crippen LogP contribution in [0.3, 0.4) is 0 Å². The summed E-state index contributed by atoms with van der Waals surface area (Å²) in [5, 5.41) is 10.00. The fourth-order valence-corrected chi connectivity index (χ4v) is 3.21. The number of amides is 1. The number of phenolic OH excluding ortho intramolecular Hbond substituents is 1. The molecular weight excluding hydrogens is 342 g/mol. The van der Waals surface area contributed by atoms with E-state index in [0.717, 1.165) is 0 Å². The highest BCUT2D eigenvalue weighted by Gasteiger charge is 2.34. The molecule has 1 aromatic rings. The molecule has 0 aliphatic carbocycles. The quantitative estimate of drug-likeness (QED) is 0.594. The number of carbonyl (C=O) groups excluding carboxylic acids is 1. The number of hydrogen-bond acceptors (Lipinski definition) is 6. The lowest BCUT2D eigenvalue weighted by Crippen LogP contribution is -2.56. The molecule has 0 radical (unpaired) electrons. The molecule has 1 aromatic carbocycles. The third-order valence-corrected chi connectivity index (χ3v) is 4.67. The summed E-state index contributed by atoms with van der Waals surface area (Å²) in [7, 11) is 0. The van der Waals surface area contributed by atoms with Crippen molar-refractivity contribution in [2.24, 2.45) is 22.6 Å². The van der Waals surface area contributed by atoms with E-state index < -0.39 is 5.41 Å². The molecule has 2 rings (SSSR count). The van der Waals surface area contributed by atoms with Crippen molar-refractivity contribution in [1.29, 1.82) is 0 Å². The van der Waals surface area contributed by atoms with Gasteiger partial charge >= 0.3 is 0 Å². The average Bonchev–Trinajstić information content (AvgIpc) is 2.58. The van der Waals surface area contributed by atoms with Gasteiger partial charge in [0.1, 0.15) is 11.6 Å². The number of nitrogens with two attached hydrogens (primary N) is 3. The van der Waals surface area contributed by atoms with Crippen molar-refractivity contribution >= 4 is 11.6 Å². The Morgan fingerprint density at radius 3 is 2.33 bits per heavy atom. The standard InChI is InChI=1S/C20H31N5O2/c1-13-12-24(9-10-25(13)19(27)20(2,3)4)16(18(22)23)11-15(21)14-7-5-6-8-17(14)26/h5-8,11,13,26H,9-10,12,21-23H2,1-4H3/b15-11-. The summed E-state index contributed by atoms with van der Waals surface area (Å²) in [5.41, 5.74) is 19.1. The predicted molar refractivity (Wildman–Crippen MR) is 108 cm³/mol. The van der Waals surface area contributed by atoms with Crippen molar-refractivity contribution in [3.63, 3.8) is 0 Å². The van der Waals surface area contributed by atoms with Crippen LogP contribution in [0.5, 0.6) is 5.75 Å². The lowest BCUT2D eigenvalue weighted by molar-refractivity contribution is -0.143. The van der Waals surface area contributed by atoms with Crippen LogP contribution >= 0.6 is 0 Å². The number of piperazine rings is 1. The second kappa shape index (κ2) is 7.82. The van der Waals surface area contributed by atoms with Gasteiger partial charge in [0.15, 0.2) is 0 Å². The molecule has 1 heterocycles. The summed E-state index contributed by atoms with van der Waals surface area (Å²) >= 11 is 0. The summed E-state index contributed by atoms with van der Waals surface area (Å²) < 4.78 is 0. The number of benzene rings is 1. The predicted octanol–water partition coefficient (Wildman–Crippen LogP) is 1.36. The lowest BCUT2D eigenvalue weighted by atomic mass is 9.93. The molecule has 1 saturated heterocycles. The highest BCUT2D eigenvalue weighted by molar-refractivity contribution is 5.82. The summed E-state index contributed by atoms with van der Waals surface area (Å²) in [4.78, 5) is 16.6. The zero-order valence-corrected chi connectivity index (χ0v) is 16.6. The molecule has 1 unspecified atom stereocenters. The van der Waals surface area contributed by atoms with Crippen molar-refractivity contribution in [1.82, 2.24) is 9.80 Å². The van der Waals surface area contributed by atoms with Crippen LogP contribution in [-0.4, -0.2) is 46.5 Å². The van der Waals surface area contributed by atoms with E-state index in [-0.39, 0.29) is 23.5 Å². The van der Waals surface area contributed by atoms with Crippen LogP contribution in [-0.2, 0) is 4.79 Å². The smallest absolute Gasteiger partial charge is 0.228 e. The van der Waals surface area contributed by atoms with Gasteiger partial charge in [0.05, 0.1) is 5.70 Å². The van der Waals surface area contributed by atoms with Gasteiger partial charge < -0.3 is 32.1 Å². The SMILES string of the molecule is CC1CN(C(/C=C(\N)c2ccccc2O)=C(N)N)CCN1C(=O)C(C)(C)C. The fraction of sp³-hybridized carbons (Fsp3) is 0.450. The number of carbonyl (C=O) groups is 1. The second-order valence-electron chi connectivity index (χ2n) is 8.00. The zero-order valence-electron chi connectivity index (χ0n) is 16.6. The summed E-state index contributed by atoms with van der Waals surface area (Å²) in [6.45, 7) is 9.56. The number of hydrogen-bond donors (Lipinski definition) is 4. The fourth-order valence-electron chi connectivity index (χ4n) is 3.21. The van der Waals surface area contributed by atoms with Crippen LogP contribution in [0.4, 0.5) is 0 Å². The van der Waals surface area contributed by atoms with Gasteiger partial charge in [0.25, 0.3) is 0 Å². The van der Waals surface area contributed by atoms with Crippen LogP contribution in [0, 0.1) is 5.41 Å². The van der Waals surface area contributed by atoms with Gasteiger partial charge in [-0.1, -0.05) is 32.9 Å². The summed E-state index contributed by atoms with van der Waals surface area (Å²) in [6.07, 6.45) is 1.68. The van der Waals surface area contributed by atoms with Gasteiger partial charge in [-0.2, -0.15) is 0 Å². The van der Waals surface area contributed by atoms with Gasteiger partial charge in [-0.3, -0.25) is 4.79 Å². The van der Waals surface area contributed by atoms with E-state index in [1.807, 2.05) is 37.5 Å². The Bertz CT molecular complexity index is 760. The Labute approximate surface area is 161 Å². The number of phenols is 1. The molecule has 148 valence electrons. The minimum atomic E-state index is -0.419. The largest absolute Gasteiger partial charge is 0.507 e. The maximum Gasteiger partial charge on any atom is 0.228 e. The first-order valence-electron chi connectivity index (χ1n) is 9.09. The number of aromatic hydroxyl groups is 1. The van der Waals surface area contributed by atoms with Gasteiger partial charge in [-0.15, -0.1) is 0 Å². The van der Waals surface area contributed by atoms with Crippen molar-refractivity contribution in [3.05, 3.63) is 47.4 Å². The third-order valence-electron chi connectivity index (χ3n) is 4.67. The van der Waals surface area contributed by atoms with Crippen molar-refractivity contribution in [2.45, 2.75) is 33.7 Å². The molecule has 1 fully saturated rings. The van der Waals surface area contributed by atoms with Gasteiger partial charge in [-0.05, 0) is 25.1 Å².